The van der Waals surface area contributed by atoms with Crippen LogP contribution in [0, 0.1) is 0 Å². The molecule has 9 heteroatoms. The lowest BCUT2D eigenvalue weighted by atomic mass is 10.00. The van der Waals surface area contributed by atoms with Gasteiger partial charge in [-0.25, -0.2) is 4.68 Å². The van der Waals surface area contributed by atoms with E-state index in [1.165, 1.54) is 31.3 Å². The summed E-state index contributed by atoms with van der Waals surface area (Å²) in [7, 11) is 0. The third-order valence-electron chi connectivity index (χ3n) is 3.48. The van der Waals surface area contributed by atoms with Gasteiger partial charge in [0.1, 0.15) is 0 Å². The Balaban J connectivity index is 2.19. The van der Waals surface area contributed by atoms with E-state index in [-0.39, 0.29) is 11.2 Å². The summed E-state index contributed by atoms with van der Waals surface area (Å²) in [5, 5.41) is 16.0. The van der Waals surface area contributed by atoms with E-state index in [0.29, 0.717) is 10.1 Å². The van der Waals surface area contributed by atoms with Crippen molar-refractivity contribution in [2.24, 2.45) is 0 Å². The Morgan fingerprint density at radius 3 is 2.55 bits per heavy atom. The molecule has 0 bridgehead atoms. The van der Waals surface area contributed by atoms with Crippen LogP contribution in [0.2, 0.25) is 0 Å². The molecule has 1 heterocycles. The summed E-state index contributed by atoms with van der Waals surface area (Å²) in [6, 6.07) is 4.08. The first-order chi connectivity index (χ1) is 10.2. The molecule has 0 radical (unpaired) electrons. The van der Waals surface area contributed by atoms with E-state index >= 15 is 0 Å². The maximum absolute atomic E-state index is 12.8. The zero-order valence-corrected chi connectivity index (χ0v) is 11.5. The van der Waals surface area contributed by atoms with Crippen LogP contribution in [0.4, 0.5) is 27.6 Å². The van der Waals surface area contributed by atoms with Crippen LogP contribution in [-0.2, 0) is 0 Å². The largest absolute Gasteiger partial charge is 0.418 e. The van der Waals surface area contributed by atoms with Gasteiger partial charge in [0.15, 0.2) is 5.60 Å². The average molecular weight is 323 g/mol. The topological polar surface area (TPSA) is 50.1 Å². The lowest BCUT2D eigenvalue weighted by molar-refractivity contribution is -0.255. The molecule has 0 saturated carbocycles. The number of aromatic nitrogens is 2. The van der Waals surface area contributed by atoms with Crippen LogP contribution in [0.5, 0.6) is 0 Å². The molecule has 2 N–H and O–H groups in total. The second-order valence-corrected chi connectivity index (χ2v) is 4.88. The van der Waals surface area contributed by atoms with E-state index in [2.05, 4.69) is 10.4 Å². The lowest BCUT2D eigenvalue weighted by Gasteiger charge is -2.29. The van der Waals surface area contributed by atoms with Crippen molar-refractivity contribution in [2.75, 3.05) is 11.9 Å². The molecule has 0 fully saturated rings. The molecule has 0 spiro atoms. The number of benzene rings is 1. The Labute approximate surface area is 122 Å². The first-order valence-electron chi connectivity index (χ1n) is 6.46. The third kappa shape index (κ3) is 2.99. The highest BCUT2D eigenvalue weighted by molar-refractivity contribution is 5.82. The van der Waals surface area contributed by atoms with Crippen molar-refractivity contribution in [1.29, 1.82) is 0 Å². The summed E-state index contributed by atoms with van der Waals surface area (Å²) >= 11 is 0. The predicted molar refractivity (Wildman–Crippen MR) is 70.8 cm³/mol. The number of fused-ring (bicyclic) bond motifs is 1. The van der Waals surface area contributed by atoms with Gasteiger partial charge < -0.3 is 10.4 Å². The van der Waals surface area contributed by atoms with E-state index < -0.39 is 31.3 Å². The molecule has 1 atom stereocenters. The number of hydrogen-bond acceptors (Lipinski definition) is 3. The van der Waals surface area contributed by atoms with Gasteiger partial charge in [0.25, 0.3) is 0 Å². The smallest absolute Gasteiger partial charge is 0.382 e. The van der Waals surface area contributed by atoms with E-state index in [9.17, 15) is 27.1 Å². The zero-order valence-electron chi connectivity index (χ0n) is 11.5. The maximum Gasteiger partial charge on any atom is 0.418 e. The fraction of sp³-hybridized carbons (Fsp3) is 0.462. The number of aliphatic hydroxyl groups is 1. The van der Waals surface area contributed by atoms with Crippen molar-refractivity contribution in [3.05, 3.63) is 24.4 Å². The Hall–Kier alpha value is -1.90. The van der Waals surface area contributed by atoms with Crippen molar-refractivity contribution in [3.63, 3.8) is 0 Å². The summed E-state index contributed by atoms with van der Waals surface area (Å²) in [6.07, 6.45) is -4.07. The van der Waals surface area contributed by atoms with Crippen molar-refractivity contribution < 1.29 is 27.1 Å². The van der Waals surface area contributed by atoms with Gasteiger partial charge in [-0.1, -0.05) is 6.92 Å². The van der Waals surface area contributed by atoms with Crippen LogP contribution >= 0.6 is 0 Å². The lowest BCUT2D eigenvalue weighted by Crippen LogP contribution is -2.50. The Morgan fingerprint density at radius 1 is 1.32 bits per heavy atom. The highest BCUT2D eigenvalue weighted by Gasteiger charge is 2.52. The van der Waals surface area contributed by atoms with Crippen molar-refractivity contribution in [2.45, 2.75) is 31.7 Å². The summed E-state index contributed by atoms with van der Waals surface area (Å²) in [5.41, 5.74) is -2.41. The van der Waals surface area contributed by atoms with E-state index in [1.807, 2.05) is 0 Å². The van der Waals surface area contributed by atoms with Gasteiger partial charge in [0.05, 0.1) is 18.3 Å². The van der Waals surface area contributed by atoms with Gasteiger partial charge in [-0.05, 0) is 24.6 Å². The second kappa shape index (κ2) is 5.71. The van der Waals surface area contributed by atoms with Crippen molar-refractivity contribution in [1.82, 2.24) is 9.78 Å². The number of halogens is 5. The van der Waals surface area contributed by atoms with Gasteiger partial charge in [0.2, 0.25) is 0 Å². The Kier molecular flexibility index (Phi) is 4.28. The SMILES string of the molecule is CCC(O)(CNc1ccc2c(cnn2C(F)F)c1)C(F)(F)F. The number of rotatable bonds is 5. The highest BCUT2D eigenvalue weighted by Crippen LogP contribution is 2.33. The van der Waals surface area contributed by atoms with Gasteiger partial charge in [-0.15, -0.1) is 0 Å². The van der Waals surface area contributed by atoms with E-state index in [4.69, 9.17) is 0 Å². The summed E-state index contributed by atoms with van der Waals surface area (Å²) in [6.45, 7) is -2.31. The molecule has 4 nitrogen and oxygen atoms in total. The van der Waals surface area contributed by atoms with Gasteiger partial charge in [-0.3, -0.25) is 0 Å². The number of hydrogen-bond donors (Lipinski definition) is 2. The van der Waals surface area contributed by atoms with Crippen LogP contribution in [-0.4, -0.2) is 33.2 Å². The molecule has 0 amide bonds. The summed E-state index contributed by atoms with van der Waals surface area (Å²) in [4.78, 5) is 0. The Morgan fingerprint density at radius 2 is 2.00 bits per heavy atom. The molecule has 2 aromatic rings. The van der Waals surface area contributed by atoms with E-state index in [0.717, 1.165) is 0 Å². The molecule has 1 aromatic heterocycles. The minimum Gasteiger partial charge on any atom is -0.382 e. The fourth-order valence-corrected chi connectivity index (χ4v) is 1.99. The summed E-state index contributed by atoms with van der Waals surface area (Å²) in [5.74, 6) is 0. The van der Waals surface area contributed by atoms with Crippen LogP contribution in [0.15, 0.2) is 24.4 Å². The molecule has 2 rings (SSSR count). The zero-order chi connectivity index (χ0) is 16.5. The average Bonchev–Trinajstić information content (AvgIpc) is 2.86. The number of alkyl halides is 5. The van der Waals surface area contributed by atoms with Gasteiger partial charge in [0, 0.05) is 11.1 Å². The monoisotopic (exact) mass is 323 g/mol. The van der Waals surface area contributed by atoms with E-state index in [1.54, 1.807) is 0 Å². The van der Waals surface area contributed by atoms with Crippen LogP contribution in [0.25, 0.3) is 10.9 Å². The molecular weight excluding hydrogens is 309 g/mol. The first kappa shape index (κ1) is 16.5. The third-order valence-corrected chi connectivity index (χ3v) is 3.48. The normalized spacial score (nSPS) is 15.3. The molecule has 0 aliphatic carbocycles. The van der Waals surface area contributed by atoms with Crippen LogP contribution in [0.3, 0.4) is 0 Å². The predicted octanol–water partition coefficient (Wildman–Crippen LogP) is 3.55. The molecule has 0 saturated heterocycles. The standard InChI is InChI=1S/C13H14F5N3O/c1-2-12(22,13(16,17)18)7-19-9-3-4-10-8(5-9)6-20-21(10)11(14)15/h3-6,11,19,22H,2,7H2,1H3. The highest BCUT2D eigenvalue weighted by atomic mass is 19.4. The Bertz CT molecular complexity index is 655. The molecule has 1 aromatic carbocycles. The van der Waals surface area contributed by atoms with Crippen molar-refractivity contribution >= 4 is 16.6 Å². The van der Waals surface area contributed by atoms with Crippen LogP contribution in [0.1, 0.15) is 19.9 Å². The molecule has 22 heavy (non-hydrogen) atoms. The molecule has 0 aliphatic heterocycles. The molecule has 122 valence electrons. The molecular formula is C13H14F5N3O. The van der Waals surface area contributed by atoms with Crippen LogP contribution < -0.4 is 5.32 Å². The number of nitrogens with zero attached hydrogens (tertiary/aromatic N) is 2. The quantitative estimate of drug-likeness (QED) is 0.828. The minimum atomic E-state index is -4.76. The van der Waals surface area contributed by atoms with Crippen molar-refractivity contribution in [3.8, 4) is 0 Å². The minimum absolute atomic E-state index is 0.169. The van der Waals surface area contributed by atoms with Gasteiger partial charge >= 0.3 is 12.7 Å². The molecule has 1 unspecified atom stereocenters. The number of anilines is 1. The fourth-order valence-electron chi connectivity index (χ4n) is 1.99. The second-order valence-electron chi connectivity index (χ2n) is 4.88. The van der Waals surface area contributed by atoms with Gasteiger partial charge in [-0.2, -0.15) is 27.1 Å². The number of nitrogens with one attached hydrogen (secondary N) is 1. The molecule has 0 aliphatic rings. The first-order valence-corrected chi connectivity index (χ1v) is 6.46. The summed E-state index contributed by atoms with van der Waals surface area (Å²) < 4.78 is 64.1. The maximum atomic E-state index is 12.8.